The Hall–Kier alpha value is -1.13. The fraction of sp³-hybridized carbons (Fsp3) is 0.500. The van der Waals surface area contributed by atoms with E-state index in [2.05, 4.69) is 27.6 Å². The minimum atomic E-state index is -1.13. The third-order valence-electron chi connectivity index (χ3n) is 3.21. The molecule has 2 aromatic heterocycles. The molecule has 4 N–H and O–H groups in total. The molecular formula is C10H12ClN5O3S. The van der Waals surface area contributed by atoms with Gasteiger partial charge >= 0.3 is 0 Å². The highest BCUT2D eigenvalue weighted by Crippen LogP contribution is 2.32. The second-order valence-corrected chi connectivity index (χ2v) is 5.13. The van der Waals surface area contributed by atoms with Crippen LogP contribution in [0.25, 0.3) is 11.2 Å². The number of thiol groups is 1. The number of nitrogens with zero attached hydrogens (tertiary/aromatic N) is 4. The van der Waals surface area contributed by atoms with Crippen LogP contribution >= 0.6 is 24.2 Å². The van der Waals surface area contributed by atoms with Gasteiger partial charge in [0.25, 0.3) is 0 Å². The second kappa shape index (κ2) is 5.01. The zero-order chi connectivity index (χ0) is 14.4. The molecule has 4 atom stereocenters. The number of imidazole rings is 1. The summed E-state index contributed by atoms with van der Waals surface area (Å²) < 4.78 is 7.04. The quantitative estimate of drug-likeness (QED) is 0.440. The number of nitrogens with two attached hydrogens (primary N) is 1. The largest absolute Gasteiger partial charge is 0.387 e. The second-order valence-electron chi connectivity index (χ2n) is 4.43. The highest BCUT2D eigenvalue weighted by molar-refractivity contribution is 7.80. The van der Waals surface area contributed by atoms with Crippen LogP contribution in [0.3, 0.4) is 0 Å². The molecule has 3 rings (SSSR count). The summed E-state index contributed by atoms with van der Waals surface area (Å²) in [5.41, 5.74) is 6.40. The van der Waals surface area contributed by atoms with E-state index in [1.54, 1.807) is 0 Å². The molecule has 0 unspecified atom stereocenters. The van der Waals surface area contributed by atoms with Crippen molar-refractivity contribution in [1.29, 1.82) is 0 Å². The molecule has 0 bridgehead atoms. The maximum Gasteiger partial charge on any atom is 0.226 e. The van der Waals surface area contributed by atoms with E-state index in [1.165, 1.54) is 10.9 Å². The lowest BCUT2D eigenvalue weighted by Gasteiger charge is -2.16. The minimum absolute atomic E-state index is 0.0319. The van der Waals surface area contributed by atoms with Crippen LogP contribution in [0, 0.1) is 0 Å². The average Bonchev–Trinajstić information content (AvgIpc) is 2.93. The summed E-state index contributed by atoms with van der Waals surface area (Å²) in [5.74, 6) is 0.414. The number of halogens is 1. The van der Waals surface area contributed by atoms with Gasteiger partial charge in [-0.1, -0.05) is 0 Å². The molecule has 108 valence electrons. The van der Waals surface area contributed by atoms with E-state index >= 15 is 0 Å². The molecule has 0 spiro atoms. The summed E-state index contributed by atoms with van der Waals surface area (Å²) in [4.78, 5) is 11.9. The summed E-state index contributed by atoms with van der Waals surface area (Å²) >= 11 is 9.84. The molecule has 0 saturated carbocycles. The Morgan fingerprint density at radius 2 is 2.15 bits per heavy atom. The molecule has 20 heavy (non-hydrogen) atoms. The molecule has 1 fully saturated rings. The van der Waals surface area contributed by atoms with Crippen molar-refractivity contribution in [2.45, 2.75) is 24.5 Å². The molecule has 10 heteroatoms. The van der Waals surface area contributed by atoms with Crippen molar-refractivity contribution in [1.82, 2.24) is 19.5 Å². The number of aliphatic hydroxyl groups is 2. The van der Waals surface area contributed by atoms with Crippen molar-refractivity contribution >= 4 is 41.2 Å². The average molecular weight is 318 g/mol. The van der Waals surface area contributed by atoms with Gasteiger partial charge in [0.2, 0.25) is 5.28 Å². The Balaban J connectivity index is 2.07. The first-order valence-electron chi connectivity index (χ1n) is 5.81. The number of nitrogen functional groups attached to an aromatic ring is 1. The third kappa shape index (κ3) is 2.02. The molecule has 0 radical (unpaired) electrons. The van der Waals surface area contributed by atoms with Gasteiger partial charge in [-0.2, -0.15) is 22.6 Å². The number of fused-ring (bicyclic) bond motifs is 1. The number of ether oxygens (including phenoxy) is 1. The van der Waals surface area contributed by atoms with Gasteiger partial charge in [-0.15, -0.1) is 0 Å². The van der Waals surface area contributed by atoms with E-state index in [9.17, 15) is 10.2 Å². The van der Waals surface area contributed by atoms with E-state index < -0.39 is 24.5 Å². The molecule has 3 heterocycles. The number of hydrogen-bond donors (Lipinski definition) is 4. The number of anilines is 1. The minimum Gasteiger partial charge on any atom is -0.387 e. The van der Waals surface area contributed by atoms with Crippen LogP contribution in [-0.2, 0) is 4.74 Å². The predicted molar refractivity (Wildman–Crippen MR) is 74.5 cm³/mol. The zero-order valence-corrected chi connectivity index (χ0v) is 11.7. The fourth-order valence-electron chi connectivity index (χ4n) is 2.21. The SMILES string of the molecule is Nc1nc(Cl)nc2c1ncn2[C@@H]1O[C@@H](CS)[C@H](O)[C@H]1O. The van der Waals surface area contributed by atoms with Crippen LogP contribution in [0.1, 0.15) is 6.23 Å². The van der Waals surface area contributed by atoms with Gasteiger partial charge in [-0.3, -0.25) is 4.57 Å². The predicted octanol–water partition coefficient (Wildman–Crippen LogP) is -0.389. The lowest BCUT2D eigenvalue weighted by molar-refractivity contribution is -0.0288. The fourth-order valence-corrected chi connectivity index (χ4v) is 2.68. The van der Waals surface area contributed by atoms with Crippen molar-refractivity contribution in [2.75, 3.05) is 11.5 Å². The van der Waals surface area contributed by atoms with Gasteiger partial charge in [-0.05, 0) is 11.6 Å². The molecule has 0 amide bonds. The molecule has 1 aliphatic heterocycles. The lowest BCUT2D eigenvalue weighted by Crippen LogP contribution is -2.32. The van der Waals surface area contributed by atoms with E-state index in [0.29, 0.717) is 11.2 Å². The Labute approximate surface area is 124 Å². The van der Waals surface area contributed by atoms with E-state index in [4.69, 9.17) is 22.1 Å². The van der Waals surface area contributed by atoms with Crippen molar-refractivity contribution in [3.8, 4) is 0 Å². The van der Waals surface area contributed by atoms with Crippen LogP contribution in [-0.4, -0.2) is 53.8 Å². The highest BCUT2D eigenvalue weighted by atomic mass is 35.5. The number of aromatic nitrogens is 4. The summed E-state index contributed by atoms with van der Waals surface area (Å²) in [7, 11) is 0. The van der Waals surface area contributed by atoms with Crippen LogP contribution in [0.5, 0.6) is 0 Å². The lowest BCUT2D eigenvalue weighted by atomic mass is 10.1. The smallest absolute Gasteiger partial charge is 0.226 e. The van der Waals surface area contributed by atoms with Crippen molar-refractivity contribution in [2.24, 2.45) is 0 Å². The molecule has 8 nitrogen and oxygen atoms in total. The summed E-state index contributed by atoms with van der Waals surface area (Å²) in [5, 5.41) is 19.9. The van der Waals surface area contributed by atoms with E-state index in [1.807, 2.05) is 0 Å². The Morgan fingerprint density at radius 3 is 2.80 bits per heavy atom. The normalized spacial score (nSPS) is 30.2. The third-order valence-corrected chi connectivity index (χ3v) is 3.74. The Bertz CT molecular complexity index is 653. The Kier molecular flexibility index (Phi) is 3.46. The van der Waals surface area contributed by atoms with Crippen LogP contribution in [0.15, 0.2) is 6.33 Å². The number of hydrogen-bond acceptors (Lipinski definition) is 8. The number of aliphatic hydroxyl groups excluding tert-OH is 2. The van der Waals surface area contributed by atoms with Crippen LogP contribution in [0.2, 0.25) is 5.28 Å². The number of rotatable bonds is 2. The van der Waals surface area contributed by atoms with Gasteiger partial charge in [-0.25, -0.2) is 4.98 Å². The molecule has 0 aliphatic carbocycles. The summed E-state index contributed by atoms with van der Waals surface area (Å²) in [6, 6.07) is 0. The van der Waals surface area contributed by atoms with E-state index in [-0.39, 0.29) is 16.9 Å². The monoisotopic (exact) mass is 317 g/mol. The maximum absolute atomic E-state index is 10.1. The van der Waals surface area contributed by atoms with Gasteiger partial charge in [0.15, 0.2) is 17.7 Å². The highest BCUT2D eigenvalue weighted by Gasteiger charge is 2.43. The van der Waals surface area contributed by atoms with E-state index in [0.717, 1.165) is 0 Å². The molecule has 1 saturated heterocycles. The summed E-state index contributed by atoms with van der Waals surface area (Å²) in [6.45, 7) is 0. The van der Waals surface area contributed by atoms with Crippen LogP contribution in [0.4, 0.5) is 5.82 Å². The zero-order valence-electron chi connectivity index (χ0n) is 10.1. The topological polar surface area (TPSA) is 119 Å². The maximum atomic E-state index is 10.1. The Morgan fingerprint density at radius 1 is 1.40 bits per heavy atom. The van der Waals surface area contributed by atoms with Gasteiger partial charge in [0.1, 0.15) is 17.7 Å². The standard InChI is InChI=1S/C10H12ClN5O3S/c11-10-14-7(12)4-8(15-10)16(2-13-4)9-6(18)5(17)3(1-20)19-9/h2-3,5-6,9,17-18,20H,1H2,(H2,12,14,15)/t3-,5-,6+,9+/m0/s1. The van der Waals surface area contributed by atoms with Crippen molar-refractivity contribution in [3.05, 3.63) is 11.6 Å². The van der Waals surface area contributed by atoms with Crippen molar-refractivity contribution < 1.29 is 14.9 Å². The summed E-state index contributed by atoms with van der Waals surface area (Å²) in [6.07, 6.45) is -2.17. The molecule has 1 aliphatic rings. The first kappa shape index (κ1) is 13.8. The molecule has 2 aromatic rings. The van der Waals surface area contributed by atoms with Crippen LogP contribution < -0.4 is 5.73 Å². The first-order chi connectivity index (χ1) is 9.52. The van der Waals surface area contributed by atoms with Gasteiger partial charge < -0.3 is 20.7 Å². The van der Waals surface area contributed by atoms with Gasteiger partial charge in [0, 0.05) is 5.75 Å². The van der Waals surface area contributed by atoms with Gasteiger partial charge in [0.05, 0.1) is 12.4 Å². The molecular weight excluding hydrogens is 306 g/mol. The first-order valence-corrected chi connectivity index (χ1v) is 6.82. The molecule has 0 aromatic carbocycles. The van der Waals surface area contributed by atoms with Crippen molar-refractivity contribution in [3.63, 3.8) is 0 Å².